The van der Waals surface area contributed by atoms with E-state index in [1.165, 1.54) is 12.1 Å². The van der Waals surface area contributed by atoms with E-state index in [1.54, 1.807) is 6.07 Å². The lowest BCUT2D eigenvalue weighted by Crippen LogP contribution is -2.42. The number of rotatable bonds is 5. The topological polar surface area (TPSA) is 40.5 Å². The quantitative estimate of drug-likeness (QED) is 0.855. The maximum Gasteiger partial charge on any atom is 0.142 e. The smallest absolute Gasteiger partial charge is 0.142 e. The molecule has 2 nitrogen and oxygen atoms in total. The van der Waals surface area contributed by atoms with Gasteiger partial charge in [-0.1, -0.05) is 31.5 Å². The van der Waals surface area contributed by atoms with Crippen molar-refractivity contribution in [3.8, 4) is 0 Å². The summed E-state index contributed by atoms with van der Waals surface area (Å²) in [5.41, 5.74) is -0.490. The first-order valence-corrected chi connectivity index (χ1v) is 6.15. The summed E-state index contributed by atoms with van der Waals surface area (Å²) < 4.78 is 13.2. The molecule has 17 heavy (non-hydrogen) atoms. The van der Waals surface area contributed by atoms with Crippen LogP contribution in [0.3, 0.4) is 0 Å². The standard InChI is InChI=1S/C13H18ClFO2/c1-3-13(17,4-2)12(16)8-9-5-6-10(14)11(15)7-9/h5-7,12,16-17H,3-4,8H2,1-2H3. The second-order valence-electron chi connectivity index (χ2n) is 4.28. The van der Waals surface area contributed by atoms with Crippen molar-refractivity contribution in [2.24, 2.45) is 0 Å². The molecule has 0 bridgehead atoms. The molecule has 0 aromatic heterocycles. The Hall–Kier alpha value is -0.640. The maximum absolute atomic E-state index is 13.2. The highest BCUT2D eigenvalue weighted by atomic mass is 35.5. The molecule has 4 heteroatoms. The molecule has 1 rings (SSSR count). The van der Waals surface area contributed by atoms with Gasteiger partial charge in [0.1, 0.15) is 5.82 Å². The zero-order chi connectivity index (χ0) is 13.1. The highest BCUT2D eigenvalue weighted by Crippen LogP contribution is 2.24. The van der Waals surface area contributed by atoms with Crippen LogP contribution in [0.15, 0.2) is 18.2 Å². The van der Waals surface area contributed by atoms with E-state index in [1.807, 2.05) is 13.8 Å². The number of aliphatic hydroxyl groups is 2. The third-order valence-electron chi connectivity index (χ3n) is 3.26. The largest absolute Gasteiger partial charge is 0.390 e. The molecule has 0 fully saturated rings. The molecule has 96 valence electrons. The molecule has 0 aliphatic heterocycles. The lowest BCUT2D eigenvalue weighted by atomic mass is 9.87. The summed E-state index contributed by atoms with van der Waals surface area (Å²) in [6.07, 6.45) is 0.228. The Morgan fingerprint density at radius 2 is 1.94 bits per heavy atom. The van der Waals surface area contributed by atoms with E-state index in [4.69, 9.17) is 11.6 Å². The van der Waals surface area contributed by atoms with Crippen LogP contribution in [0, 0.1) is 5.82 Å². The van der Waals surface area contributed by atoms with Gasteiger partial charge in [-0.2, -0.15) is 0 Å². The van der Waals surface area contributed by atoms with Gasteiger partial charge in [0.25, 0.3) is 0 Å². The highest BCUT2D eigenvalue weighted by molar-refractivity contribution is 6.30. The summed E-state index contributed by atoms with van der Waals surface area (Å²) in [4.78, 5) is 0. The minimum absolute atomic E-state index is 0.0597. The Bertz CT molecular complexity index is 378. The number of aliphatic hydroxyl groups excluding tert-OH is 1. The van der Waals surface area contributed by atoms with Gasteiger partial charge in [-0.05, 0) is 30.5 Å². The van der Waals surface area contributed by atoms with Crippen LogP contribution < -0.4 is 0 Å². The van der Waals surface area contributed by atoms with Gasteiger partial charge in [-0.15, -0.1) is 0 Å². The SMILES string of the molecule is CCC(O)(CC)C(O)Cc1ccc(Cl)c(F)c1. The Morgan fingerprint density at radius 3 is 2.41 bits per heavy atom. The van der Waals surface area contributed by atoms with E-state index >= 15 is 0 Å². The predicted octanol–water partition coefficient (Wildman–Crippen LogP) is 2.93. The first-order valence-electron chi connectivity index (χ1n) is 5.77. The highest BCUT2D eigenvalue weighted by Gasteiger charge is 2.31. The van der Waals surface area contributed by atoms with E-state index in [-0.39, 0.29) is 11.4 Å². The Labute approximate surface area is 106 Å². The lowest BCUT2D eigenvalue weighted by Gasteiger charge is -2.31. The molecule has 0 heterocycles. The van der Waals surface area contributed by atoms with Crippen LogP contribution in [0.1, 0.15) is 32.3 Å². The Kier molecular flexibility index (Phi) is 4.92. The maximum atomic E-state index is 13.2. The van der Waals surface area contributed by atoms with E-state index in [0.29, 0.717) is 18.4 Å². The molecular weight excluding hydrogens is 243 g/mol. The van der Waals surface area contributed by atoms with Gasteiger partial charge in [0, 0.05) is 6.42 Å². The summed E-state index contributed by atoms with van der Waals surface area (Å²) in [6.45, 7) is 3.63. The number of benzene rings is 1. The van der Waals surface area contributed by atoms with Crippen molar-refractivity contribution in [3.63, 3.8) is 0 Å². The summed E-state index contributed by atoms with van der Waals surface area (Å²) in [5, 5.41) is 20.1. The molecule has 0 aliphatic carbocycles. The zero-order valence-electron chi connectivity index (χ0n) is 10.1. The molecule has 2 N–H and O–H groups in total. The first-order chi connectivity index (χ1) is 7.92. The fraction of sp³-hybridized carbons (Fsp3) is 0.538. The van der Waals surface area contributed by atoms with Gasteiger partial charge >= 0.3 is 0 Å². The minimum Gasteiger partial charge on any atom is -0.390 e. The molecule has 1 aromatic carbocycles. The third-order valence-corrected chi connectivity index (χ3v) is 3.56. The van der Waals surface area contributed by atoms with Crippen molar-refractivity contribution in [1.82, 2.24) is 0 Å². The predicted molar refractivity (Wildman–Crippen MR) is 66.7 cm³/mol. The molecule has 0 aliphatic rings. The number of hydrogen-bond acceptors (Lipinski definition) is 2. The average Bonchev–Trinajstić information content (AvgIpc) is 2.32. The van der Waals surface area contributed by atoms with Gasteiger partial charge in [0.05, 0.1) is 16.7 Å². The van der Waals surface area contributed by atoms with Gasteiger partial charge in [-0.3, -0.25) is 0 Å². The molecule has 0 saturated heterocycles. The van der Waals surface area contributed by atoms with Crippen LogP contribution in [-0.2, 0) is 6.42 Å². The number of hydrogen-bond donors (Lipinski definition) is 2. The van der Waals surface area contributed by atoms with Gasteiger partial charge < -0.3 is 10.2 Å². The molecule has 0 saturated carbocycles. The minimum atomic E-state index is -1.11. The molecule has 1 unspecified atom stereocenters. The number of halogens is 2. The lowest BCUT2D eigenvalue weighted by molar-refractivity contribution is -0.0790. The third kappa shape index (κ3) is 3.41. The fourth-order valence-electron chi connectivity index (χ4n) is 1.80. The van der Waals surface area contributed by atoms with Crippen LogP contribution in [0.4, 0.5) is 4.39 Å². The van der Waals surface area contributed by atoms with E-state index in [9.17, 15) is 14.6 Å². The van der Waals surface area contributed by atoms with Gasteiger partial charge in [-0.25, -0.2) is 4.39 Å². The van der Waals surface area contributed by atoms with Crippen LogP contribution in [0.25, 0.3) is 0 Å². The molecule has 0 spiro atoms. The van der Waals surface area contributed by atoms with E-state index in [2.05, 4.69) is 0 Å². The van der Waals surface area contributed by atoms with Gasteiger partial charge in [0.2, 0.25) is 0 Å². The molecule has 0 radical (unpaired) electrons. The molecule has 1 atom stereocenters. The van der Waals surface area contributed by atoms with Crippen LogP contribution in [0.5, 0.6) is 0 Å². The first kappa shape index (κ1) is 14.4. The van der Waals surface area contributed by atoms with Crippen molar-refractivity contribution in [2.45, 2.75) is 44.8 Å². The van der Waals surface area contributed by atoms with Crippen LogP contribution in [-0.4, -0.2) is 21.9 Å². The molecule has 0 amide bonds. The fourth-order valence-corrected chi connectivity index (χ4v) is 1.92. The monoisotopic (exact) mass is 260 g/mol. The van der Waals surface area contributed by atoms with E-state index in [0.717, 1.165) is 0 Å². The zero-order valence-corrected chi connectivity index (χ0v) is 10.8. The van der Waals surface area contributed by atoms with Gasteiger partial charge in [0.15, 0.2) is 0 Å². The second kappa shape index (κ2) is 5.80. The van der Waals surface area contributed by atoms with Crippen molar-refractivity contribution in [1.29, 1.82) is 0 Å². The molecule has 1 aromatic rings. The van der Waals surface area contributed by atoms with Crippen molar-refractivity contribution < 1.29 is 14.6 Å². The second-order valence-corrected chi connectivity index (χ2v) is 4.69. The molecular formula is C13H18ClFO2. The van der Waals surface area contributed by atoms with Crippen LogP contribution in [0.2, 0.25) is 5.02 Å². The van der Waals surface area contributed by atoms with Crippen molar-refractivity contribution in [3.05, 3.63) is 34.6 Å². The Morgan fingerprint density at radius 1 is 1.35 bits per heavy atom. The van der Waals surface area contributed by atoms with Crippen molar-refractivity contribution in [2.75, 3.05) is 0 Å². The van der Waals surface area contributed by atoms with E-state index < -0.39 is 17.5 Å². The normalized spacial score (nSPS) is 13.8. The summed E-state index contributed by atoms with van der Waals surface area (Å²) >= 11 is 5.57. The summed E-state index contributed by atoms with van der Waals surface area (Å²) in [6, 6.07) is 4.40. The Balaban J connectivity index is 2.80. The van der Waals surface area contributed by atoms with Crippen molar-refractivity contribution >= 4 is 11.6 Å². The summed E-state index contributed by atoms with van der Waals surface area (Å²) in [5.74, 6) is -0.507. The van der Waals surface area contributed by atoms with Crippen LogP contribution >= 0.6 is 11.6 Å². The average molecular weight is 261 g/mol. The summed E-state index contributed by atoms with van der Waals surface area (Å²) in [7, 11) is 0.